The lowest BCUT2D eigenvalue weighted by Crippen LogP contribution is -2.24. The van der Waals surface area contributed by atoms with Gasteiger partial charge in [-0.15, -0.1) is 11.3 Å². The van der Waals surface area contributed by atoms with Crippen molar-refractivity contribution in [2.45, 2.75) is 19.9 Å². The van der Waals surface area contributed by atoms with Crippen LogP contribution in [-0.2, 0) is 17.8 Å². The molecule has 17 heavy (non-hydrogen) atoms. The summed E-state index contributed by atoms with van der Waals surface area (Å²) in [5.74, 6) is 0.0777. The van der Waals surface area contributed by atoms with Crippen LogP contribution in [-0.4, -0.2) is 5.91 Å². The summed E-state index contributed by atoms with van der Waals surface area (Å²) in [6.45, 7) is 2.66. The molecule has 0 bridgehead atoms. The standard InChI is InChI=1S/C14H15NOS/c1-11-4-2-5-12(8-11)10-15-14(16)9-13-6-3-7-17-13/h2-8H,9-10H2,1H3,(H,15,16). The van der Waals surface area contributed by atoms with Crippen molar-refractivity contribution in [2.75, 3.05) is 0 Å². The Labute approximate surface area is 105 Å². The van der Waals surface area contributed by atoms with Gasteiger partial charge in [-0.2, -0.15) is 0 Å². The average molecular weight is 245 g/mol. The molecule has 3 heteroatoms. The Balaban J connectivity index is 1.84. The SMILES string of the molecule is Cc1cccc(CNC(=O)Cc2cccs2)c1. The topological polar surface area (TPSA) is 29.1 Å². The molecular formula is C14H15NOS. The summed E-state index contributed by atoms with van der Waals surface area (Å²) >= 11 is 1.61. The lowest BCUT2D eigenvalue weighted by molar-refractivity contribution is -0.120. The number of carbonyl (C=O) groups is 1. The summed E-state index contributed by atoms with van der Waals surface area (Å²) in [5, 5.41) is 4.92. The van der Waals surface area contributed by atoms with E-state index in [9.17, 15) is 4.79 Å². The molecular weight excluding hydrogens is 230 g/mol. The van der Waals surface area contributed by atoms with Gasteiger partial charge in [0, 0.05) is 11.4 Å². The van der Waals surface area contributed by atoms with Crippen LogP contribution in [0, 0.1) is 6.92 Å². The van der Waals surface area contributed by atoms with Crippen LogP contribution in [0.3, 0.4) is 0 Å². The van der Waals surface area contributed by atoms with E-state index in [2.05, 4.69) is 24.4 Å². The number of hydrogen-bond donors (Lipinski definition) is 1. The van der Waals surface area contributed by atoms with Gasteiger partial charge in [0.05, 0.1) is 6.42 Å². The largest absolute Gasteiger partial charge is 0.352 e. The van der Waals surface area contributed by atoms with Crippen LogP contribution in [0.5, 0.6) is 0 Å². The molecule has 2 rings (SSSR count). The zero-order valence-electron chi connectivity index (χ0n) is 9.77. The van der Waals surface area contributed by atoms with Crippen molar-refractivity contribution in [1.82, 2.24) is 5.32 Å². The third-order valence-corrected chi connectivity index (χ3v) is 3.36. The molecule has 1 aromatic carbocycles. The minimum Gasteiger partial charge on any atom is -0.352 e. The summed E-state index contributed by atoms with van der Waals surface area (Å²) in [6, 6.07) is 12.1. The average Bonchev–Trinajstić information content (AvgIpc) is 2.79. The first-order chi connectivity index (χ1) is 8.24. The van der Waals surface area contributed by atoms with E-state index in [0.29, 0.717) is 13.0 Å². The fraction of sp³-hybridized carbons (Fsp3) is 0.214. The highest BCUT2D eigenvalue weighted by molar-refractivity contribution is 7.10. The molecule has 0 saturated carbocycles. The highest BCUT2D eigenvalue weighted by atomic mass is 32.1. The molecule has 0 aliphatic rings. The van der Waals surface area contributed by atoms with E-state index in [-0.39, 0.29) is 5.91 Å². The number of aryl methyl sites for hydroxylation is 1. The molecule has 2 aromatic rings. The second kappa shape index (κ2) is 5.64. The minimum atomic E-state index is 0.0777. The van der Waals surface area contributed by atoms with Crippen molar-refractivity contribution in [1.29, 1.82) is 0 Å². The Hall–Kier alpha value is -1.61. The number of thiophene rings is 1. The van der Waals surface area contributed by atoms with Crippen LogP contribution in [0.15, 0.2) is 41.8 Å². The molecule has 2 nitrogen and oxygen atoms in total. The van der Waals surface area contributed by atoms with E-state index in [1.165, 1.54) is 5.56 Å². The maximum absolute atomic E-state index is 11.7. The molecule has 0 unspecified atom stereocenters. The number of rotatable bonds is 4. The van der Waals surface area contributed by atoms with Crippen molar-refractivity contribution in [3.8, 4) is 0 Å². The molecule has 0 aliphatic heterocycles. The Kier molecular flexibility index (Phi) is 3.94. The van der Waals surface area contributed by atoms with E-state index in [0.717, 1.165) is 10.4 Å². The van der Waals surface area contributed by atoms with Gasteiger partial charge in [-0.3, -0.25) is 4.79 Å². The van der Waals surface area contributed by atoms with Crippen LogP contribution in [0.4, 0.5) is 0 Å². The predicted octanol–water partition coefficient (Wildman–Crippen LogP) is 2.92. The number of amides is 1. The molecule has 0 aliphatic carbocycles. The molecule has 1 amide bonds. The fourth-order valence-corrected chi connectivity index (χ4v) is 2.36. The highest BCUT2D eigenvalue weighted by Gasteiger charge is 2.03. The molecule has 1 heterocycles. The van der Waals surface area contributed by atoms with Crippen molar-refractivity contribution in [2.24, 2.45) is 0 Å². The molecule has 0 atom stereocenters. The third kappa shape index (κ3) is 3.71. The van der Waals surface area contributed by atoms with Gasteiger partial charge >= 0.3 is 0 Å². The van der Waals surface area contributed by atoms with Crippen LogP contribution < -0.4 is 5.32 Å². The first-order valence-electron chi connectivity index (χ1n) is 5.58. The summed E-state index contributed by atoms with van der Waals surface area (Å²) in [4.78, 5) is 12.8. The van der Waals surface area contributed by atoms with E-state index >= 15 is 0 Å². The lowest BCUT2D eigenvalue weighted by atomic mass is 10.1. The zero-order valence-corrected chi connectivity index (χ0v) is 10.6. The second-order valence-corrected chi connectivity index (χ2v) is 5.05. The van der Waals surface area contributed by atoms with Crippen molar-refractivity contribution in [3.63, 3.8) is 0 Å². The molecule has 0 spiro atoms. The van der Waals surface area contributed by atoms with Crippen molar-refractivity contribution < 1.29 is 4.79 Å². The Bertz CT molecular complexity index is 491. The van der Waals surface area contributed by atoms with E-state index in [4.69, 9.17) is 0 Å². The smallest absolute Gasteiger partial charge is 0.225 e. The van der Waals surface area contributed by atoms with Crippen molar-refractivity contribution in [3.05, 3.63) is 57.8 Å². The Morgan fingerprint density at radius 2 is 2.18 bits per heavy atom. The van der Waals surface area contributed by atoms with E-state index in [1.54, 1.807) is 11.3 Å². The van der Waals surface area contributed by atoms with Crippen molar-refractivity contribution >= 4 is 17.2 Å². The molecule has 0 radical (unpaired) electrons. The van der Waals surface area contributed by atoms with Gasteiger partial charge in [-0.1, -0.05) is 35.9 Å². The minimum absolute atomic E-state index is 0.0777. The summed E-state index contributed by atoms with van der Waals surface area (Å²) in [5.41, 5.74) is 2.36. The normalized spacial score (nSPS) is 10.2. The van der Waals surface area contributed by atoms with Gasteiger partial charge < -0.3 is 5.32 Å². The molecule has 1 aromatic heterocycles. The number of hydrogen-bond acceptors (Lipinski definition) is 2. The molecule has 0 fully saturated rings. The predicted molar refractivity (Wildman–Crippen MR) is 71.0 cm³/mol. The zero-order chi connectivity index (χ0) is 12.1. The van der Waals surface area contributed by atoms with Gasteiger partial charge in [-0.25, -0.2) is 0 Å². The fourth-order valence-electron chi connectivity index (χ4n) is 1.66. The Morgan fingerprint density at radius 1 is 1.29 bits per heavy atom. The first kappa shape index (κ1) is 11.9. The first-order valence-corrected chi connectivity index (χ1v) is 6.46. The number of carbonyl (C=O) groups excluding carboxylic acids is 1. The summed E-state index contributed by atoms with van der Waals surface area (Å²) < 4.78 is 0. The van der Waals surface area contributed by atoms with Gasteiger partial charge in [0.1, 0.15) is 0 Å². The van der Waals surface area contributed by atoms with Crippen LogP contribution in [0.25, 0.3) is 0 Å². The lowest BCUT2D eigenvalue weighted by Gasteiger charge is -2.05. The number of nitrogens with one attached hydrogen (secondary N) is 1. The monoisotopic (exact) mass is 245 g/mol. The third-order valence-electron chi connectivity index (χ3n) is 2.49. The van der Waals surface area contributed by atoms with Crippen LogP contribution in [0.2, 0.25) is 0 Å². The maximum Gasteiger partial charge on any atom is 0.225 e. The molecule has 88 valence electrons. The van der Waals surface area contributed by atoms with E-state index < -0.39 is 0 Å². The summed E-state index contributed by atoms with van der Waals surface area (Å²) in [7, 11) is 0. The van der Waals surface area contributed by atoms with Gasteiger partial charge in [-0.05, 0) is 23.9 Å². The molecule has 1 N–H and O–H groups in total. The molecule has 0 saturated heterocycles. The number of benzene rings is 1. The van der Waals surface area contributed by atoms with Gasteiger partial charge in [0.2, 0.25) is 5.91 Å². The highest BCUT2D eigenvalue weighted by Crippen LogP contribution is 2.09. The summed E-state index contributed by atoms with van der Waals surface area (Å²) in [6.07, 6.45) is 0.476. The van der Waals surface area contributed by atoms with E-state index in [1.807, 2.05) is 29.6 Å². The van der Waals surface area contributed by atoms with Gasteiger partial charge in [0.25, 0.3) is 0 Å². The second-order valence-electron chi connectivity index (χ2n) is 4.02. The van der Waals surface area contributed by atoms with Crippen LogP contribution >= 0.6 is 11.3 Å². The van der Waals surface area contributed by atoms with Crippen LogP contribution in [0.1, 0.15) is 16.0 Å². The van der Waals surface area contributed by atoms with Gasteiger partial charge in [0.15, 0.2) is 0 Å². The maximum atomic E-state index is 11.7. The quantitative estimate of drug-likeness (QED) is 0.881. The Morgan fingerprint density at radius 3 is 2.88 bits per heavy atom.